The summed E-state index contributed by atoms with van der Waals surface area (Å²) in [4.78, 5) is 10.1. The summed E-state index contributed by atoms with van der Waals surface area (Å²) in [6, 6.07) is 6.32. The first kappa shape index (κ1) is 12.2. The standard InChI is InChI=1S/C11H13N5O2/c12-6-1-7-15-11(8-13-14-15)9-2-4-10(5-3-9)16(17)18/h2-5,8H,1,6-7,12H2. The quantitative estimate of drug-likeness (QED) is 0.632. The molecule has 2 aromatic rings. The molecule has 0 unspecified atom stereocenters. The number of hydrogen-bond acceptors (Lipinski definition) is 5. The van der Waals surface area contributed by atoms with Crippen LogP contribution >= 0.6 is 0 Å². The first-order valence-electron chi connectivity index (χ1n) is 5.56. The highest BCUT2D eigenvalue weighted by atomic mass is 16.6. The summed E-state index contributed by atoms with van der Waals surface area (Å²) < 4.78 is 1.74. The molecule has 0 atom stereocenters. The fourth-order valence-electron chi connectivity index (χ4n) is 1.64. The Bertz CT molecular complexity index is 535. The molecular weight excluding hydrogens is 234 g/mol. The average Bonchev–Trinajstić information content (AvgIpc) is 2.84. The molecule has 0 aliphatic rings. The van der Waals surface area contributed by atoms with Crippen molar-refractivity contribution < 1.29 is 4.92 Å². The molecule has 0 fully saturated rings. The molecule has 1 heterocycles. The number of rotatable bonds is 5. The van der Waals surface area contributed by atoms with E-state index in [0.717, 1.165) is 17.7 Å². The Morgan fingerprint density at radius 3 is 2.67 bits per heavy atom. The number of nitrogens with two attached hydrogens (primary N) is 1. The van der Waals surface area contributed by atoms with Crippen LogP contribution in [-0.2, 0) is 6.54 Å². The van der Waals surface area contributed by atoms with Gasteiger partial charge in [-0.2, -0.15) is 0 Å². The van der Waals surface area contributed by atoms with E-state index in [9.17, 15) is 10.1 Å². The molecular formula is C11H13N5O2. The lowest BCUT2D eigenvalue weighted by atomic mass is 10.1. The van der Waals surface area contributed by atoms with Gasteiger partial charge >= 0.3 is 0 Å². The van der Waals surface area contributed by atoms with E-state index in [4.69, 9.17) is 5.73 Å². The second-order valence-corrected chi connectivity index (χ2v) is 3.79. The molecule has 2 N–H and O–H groups in total. The SMILES string of the molecule is NCCCn1nncc1-c1ccc([N+](=O)[O-])cc1. The van der Waals surface area contributed by atoms with Gasteiger partial charge < -0.3 is 5.73 Å². The van der Waals surface area contributed by atoms with Gasteiger partial charge in [-0.15, -0.1) is 5.10 Å². The molecule has 0 saturated heterocycles. The van der Waals surface area contributed by atoms with Crippen molar-refractivity contribution in [2.45, 2.75) is 13.0 Å². The zero-order valence-electron chi connectivity index (χ0n) is 9.69. The van der Waals surface area contributed by atoms with E-state index in [1.165, 1.54) is 12.1 Å². The minimum atomic E-state index is -0.423. The lowest BCUT2D eigenvalue weighted by Gasteiger charge is -2.04. The normalized spacial score (nSPS) is 10.5. The molecule has 7 nitrogen and oxygen atoms in total. The third kappa shape index (κ3) is 2.51. The van der Waals surface area contributed by atoms with Crippen LogP contribution in [0.15, 0.2) is 30.5 Å². The van der Waals surface area contributed by atoms with E-state index >= 15 is 0 Å². The molecule has 18 heavy (non-hydrogen) atoms. The van der Waals surface area contributed by atoms with Gasteiger partial charge in [-0.3, -0.25) is 10.1 Å². The number of aromatic nitrogens is 3. The number of aryl methyl sites for hydroxylation is 1. The van der Waals surface area contributed by atoms with Crippen molar-refractivity contribution >= 4 is 5.69 Å². The van der Waals surface area contributed by atoms with E-state index in [1.807, 2.05) is 0 Å². The van der Waals surface area contributed by atoms with Crippen LogP contribution < -0.4 is 5.73 Å². The fourth-order valence-corrected chi connectivity index (χ4v) is 1.64. The van der Waals surface area contributed by atoms with Gasteiger partial charge in [-0.05, 0) is 25.1 Å². The first-order valence-corrected chi connectivity index (χ1v) is 5.56. The topological polar surface area (TPSA) is 99.9 Å². The van der Waals surface area contributed by atoms with Crippen molar-refractivity contribution in [3.63, 3.8) is 0 Å². The molecule has 0 bridgehead atoms. The Morgan fingerprint density at radius 1 is 1.33 bits per heavy atom. The minimum Gasteiger partial charge on any atom is -0.330 e. The van der Waals surface area contributed by atoms with Gasteiger partial charge in [0.15, 0.2) is 0 Å². The summed E-state index contributed by atoms with van der Waals surface area (Å²) in [5.41, 5.74) is 7.20. The maximum Gasteiger partial charge on any atom is 0.269 e. The zero-order chi connectivity index (χ0) is 13.0. The molecule has 1 aromatic heterocycles. The van der Waals surface area contributed by atoms with E-state index in [0.29, 0.717) is 13.1 Å². The smallest absolute Gasteiger partial charge is 0.269 e. The van der Waals surface area contributed by atoms with E-state index < -0.39 is 4.92 Å². The summed E-state index contributed by atoms with van der Waals surface area (Å²) in [7, 11) is 0. The second kappa shape index (κ2) is 5.37. The highest BCUT2D eigenvalue weighted by Crippen LogP contribution is 2.21. The van der Waals surface area contributed by atoms with Crippen molar-refractivity contribution in [1.82, 2.24) is 15.0 Å². The number of non-ortho nitro benzene ring substituents is 1. The first-order chi connectivity index (χ1) is 8.72. The van der Waals surface area contributed by atoms with E-state index in [1.54, 1.807) is 23.0 Å². The summed E-state index contributed by atoms with van der Waals surface area (Å²) in [5.74, 6) is 0. The van der Waals surface area contributed by atoms with Crippen molar-refractivity contribution in [3.8, 4) is 11.3 Å². The largest absolute Gasteiger partial charge is 0.330 e. The van der Waals surface area contributed by atoms with Gasteiger partial charge in [0.25, 0.3) is 5.69 Å². The van der Waals surface area contributed by atoms with Gasteiger partial charge in [0.05, 0.1) is 16.8 Å². The molecule has 0 amide bonds. The van der Waals surface area contributed by atoms with Crippen LogP contribution in [0.25, 0.3) is 11.3 Å². The third-order valence-corrected chi connectivity index (χ3v) is 2.57. The molecule has 1 aromatic carbocycles. The lowest BCUT2D eigenvalue weighted by Crippen LogP contribution is -2.08. The highest BCUT2D eigenvalue weighted by Gasteiger charge is 2.09. The van der Waals surface area contributed by atoms with Crippen LogP contribution in [0.4, 0.5) is 5.69 Å². The van der Waals surface area contributed by atoms with Crippen molar-refractivity contribution in [2.75, 3.05) is 6.54 Å². The molecule has 94 valence electrons. The molecule has 2 rings (SSSR count). The Labute approximate surface area is 103 Å². The van der Waals surface area contributed by atoms with Crippen LogP contribution in [0, 0.1) is 10.1 Å². The van der Waals surface area contributed by atoms with Crippen LogP contribution in [0.1, 0.15) is 6.42 Å². The van der Waals surface area contributed by atoms with Gasteiger partial charge in [0.1, 0.15) is 0 Å². The van der Waals surface area contributed by atoms with Crippen molar-refractivity contribution in [2.24, 2.45) is 5.73 Å². The average molecular weight is 247 g/mol. The minimum absolute atomic E-state index is 0.0692. The highest BCUT2D eigenvalue weighted by molar-refractivity contribution is 5.60. The van der Waals surface area contributed by atoms with Crippen LogP contribution in [0.2, 0.25) is 0 Å². The maximum atomic E-state index is 10.6. The monoisotopic (exact) mass is 247 g/mol. The summed E-state index contributed by atoms with van der Waals surface area (Å²) >= 11 is 0. The maximum absolute atomic E-state index is 10.6. The van der Waals surface area contributed by atoms with Gasteiger partial charge in [-0.1, -0.05) is 5.21 Å². The number of nitro benzene ring substituents is 1. The van der Waals surface area contributed by atoms with Gasteiger partial charge in [0.2, 0.25) is 0 Å². The molecule has 0 spiro atoms. The Hall–Kier alpha value is -2.28. The molecule has 7 heteroatoms. The Morgan fingerprint density at radius 2 is 2.06 bits per heavy atom. The fraction of sp³-hybridized carbons (Fsp3) is 0.273. The summed E-state index contributed by atoms with van der Waals surface area (Å²) in [5, 5.41) is 18.4. The Kier molecular flexibility index (Phi) is 3.63. The predicted octanol–water partition coefficient (Wildman–Crippen LogP) is 1.20. The number of nitrogens with zero attached hydrogens (tertiary/aromatic N) is 4. The number of benzene rings is 1. The van der Waals surface area contributed by atoms with Crippen LogP contribution in [-0.4, -0.2) is 26.5 Å². The third-order valence-electron chi connectivity index (χ3n) is 2.57. The second-order valence-electron chi connectivity index (χ2n) is 3.79. The van der Waals surface area contributed by atoms with Crippen molar-refractivity contribution in [1.29, 1.82) is 0 Å². The summed E-state index contributed by atoms with van der Waals surface area (Å²) in [6.07, 6.45) is 2.45. The number of nitro groups is 1. The van der Waals surface area contributed by atoms with Gasteiger partial charge in [-0.25, -0.2) is 4.68 Å². The molecule has 0 radical (unpaired) electrons. The van der Waals surface area contributed by atoms with E-state index in [-0.39, 0.29) is 5.69 Å². The molecule has 0 aliphatic carbocycles. The number of hydrogen-bond donors (Lipinski definition) is 1. The Balaban J connectivity index is 2.25. The van der Waals surface area contributed by atoms with Crippen molar-refractivity contribution in [3.05, 3.63) is 40.6 Å². The van der Waals surface area contributed by atoms with E-state index in [2.05, 4.69) is 10.3 Å². The molecule has 0 saturated carbocycles. The van der Waals surface area contributed by atoms with Crippen LogP contribution in [0.5, 0.6) is 0 Å². The molecule has 0 aliphatic heterocycles. The van der Waals surface area contributed by atoms with Gasteiger partial charge in [0, 0.05) is 24.2 Å². The zero-order valence-corrected chi connectivity index (χ0v) is 9.69. The lowest BCUT2D eigenvalue weighted by molar-refractivity contribution is -0.384. The predicted molar refractivity (Wildman–Crippen MR) is 65.8 cm³/mol. The summed E-state index contributed by atoms with van der Waals surface area (Å²) in [6.45, 7) is 1.27. The van der Waals surface area contributed by atoms with Crippen LogP contribution in [0.3, 0.4) is 0 Å².